The lowest BCUT2D eigenvalue weighted by Crippen LogP contribution is -2.45. The maximum atomic E-state index is 11.9. The van der Waals surface area contributed by atoms with E-state index in [1.165, 1.54) is 12.4 Å². The van der Waals surface area contributed by atoms with Crippen LogP contribution in [0.4, 0.5) is 0 Å². The third-order valence-electron chi connectivity index (χ3n) is 2.85. The van der Waals surface area contributed by atoms with Crippen LogP contribution in [0.15, 0.2) is 12.4 Å². The van der Waals surface area contributed by atoms with Gasteiger partial charge in [0.25, 0.3) is 5.91 Å². The number of carbonyl (C=O) groups excluding carboxylic acids is 2. The summed E-state index contributed by atoms with van der Waals surface area (Å²) >= 11 is 0. The molecule has 0 saturated carbocycles. The fourth-order valence-corrected chi connectivity index (χ4v) is 1.82. The number of amides is 2. The maximum Gasteiger partial charge on any atom is 0.272 e. The smallest absolute Gasteiger partial charge is 0.272 e. The quantitative estimate of drug-likeness (QED) is 0.782. The first kappa shape index (κ1) is 12.5. The molecule has 0 bridgehead atoms. The van der Waals surface area contributed by atoms with E-state index in [1.807, 2.05) is 0 Å². The standard InChI is InChI=1S/C12H16N4O2/c1-8-6-15-10(7-14-8)12(18)16-9-4-2-3-5-13-11(9)17/h6-7,9H,2-5H2,1H3,(H,13,17)(H,16,18)/t9-/m0/s1. The van der Waals surface area contributed by atoms with E-state index in [9.17, 15) is 9.59 Å². The van der Waals surface area contributed by atoms with Crippen LogP contribution in [0, 0.1) is 6.92 Å². The average molecular weight is 248 g/mol. The van der Waals surface area contributed by atoms with Crippen LogP contribution in [-0.2, 0) is 4.79 Å². The van der Waals surface area contributed by atoms with Gasteiger partial charge in [0, 0.05) is 12.7 Å². The number of hydrogen-bond acceptors (Lipinski definition) is 4. The molecule has 1 fully saturated rings. The molecule has 2 amide bonds. The van der Waals surface area contributed by atoms with Crippen LogP contribution in [0.2, 0.25) is 0 Å². The van der Waals surface area contributed by atoms with Crippen molar-refractivity contribution in [3.63, 3.8) is 0 Å². The number of rotatable bonds is 2. The Morgan fingerprint density at radius 2 is 2.22 bits per heavy atom. The summed E-state index contributed by atoms with van der Waals surface area (Å²) in [5.74, 6) is -0.481. The molecule has 18 heavy (non-hydrogen) atoms. The lowest BCUT2D eigenvalue weighted by Gasteiger charge is -2.14. The fraction of sp³-hybridized carbons (Fsp3) is 0.500. The molecule has 0 unspecified atom stereocenters. The summed E-state index contributed by atoms with van der Waals surface area (Å²) < 4.78 is 0. The monoisotopic (exact) mass is 248 g/mol. The molecule has 0 aromatic carbocycles. The Morgan fingerprint density at radius 3 is 2.94 bits per heavy atom. The highest BCUT2D eigenvalue weighted by Crippen LogP contribution is 2.06. The molecule has 0 aliphatic carbocycles. The number of carbonyl (C=O) groups is 2. The van der Waals surface area contributed by atoms with Gasteiger partial charge in [-0.25, -0.2) is 4.98 Å². The summed E-state index contributed by atoms with van der Waals surface area (Å²) in [6, 6.07) is -0.469. The second kappa shape index (κ2) is 5.57. The SMILES string of the molecule is Cc1cnc(C(=O)N[C@H]2CCCCNC2=O)cn1. The van der Waals surface area contributed by atoms with Crippen LogP contribution in [0.3, 0.4) is 0 Å². The fourth-order valence-electron chi connectivity index (χ4n) is 1.82. The van der Waals surface area contributed by atoms with Gasteiger partial charge in [0.05, 0.1) is 11.9 Å². The minimum absolute atomic E-state index is 0.124. The number of aryl methyl sites for hydroxylation is 1. The minimum atomic E-state index is -0.469. The average Bonchev–Trinajstić information content (AvgIpc) is 2.56. The Labute approximate surface area is 105 Å². The lowest BCUT2D eigenvalue weighted by atomic mass is 10.1. The van der Waals surface area contributed by atoms with Gasteiger partial charge in [-0.05, 0) is 26.2 Å². The van der Waals surface area contributed by atoms with Gasteiger partial charge < -0.3 is 10.6 Å². The van der Waals surface area contributed by atoms with Gasteiger partial charge in [-0.2, -0.15) is 0 Å². The molecule has 96 valence electrons. The van der Waals surface area contributed by atoms with E-state index in [0.29, 0.717) is 13.0 Å². The van der Waals surface area contributed by atoms with Crippen LogP contribution < -0.4 is 10.6 Å². The highest BCUT2D eigenvalue weighted by atomic mass is 16.2. The van der Waals surface area contributed by atoms with Crippen LogP contribution in [0.25, 0.3) is 0 Å². The summed E-state index contributed by atoms with van der Waals surface area (Å²) in [6.07, 6.45) is 5.48. The summed E-state index contributed by atoms with van der Waals surface area (Å²) in [5, 5.41) is 5.46. The molecule has 1 aromatic rings. The summed E-state index contributed by atoms with van der Waals surface area (Å²) in [4.78, 5) is 31.6. The molecule has 6 heteroatoms. The van der Waals surface area contributed by atoms with E-state index in [-0.39, 0.29) is 17.5 Å². The summed E-state index contributed by atoms with van der Waals surface area (Å²) in [7, 11) is 0. The Kier molecular flexibility index (Phi) is 3.86. The third-order valence-corrected chi connectivity index (χ3v) is 2.85. The zero-order valence-corrected chi connectivity index (χ0v) is 10.3. The van der Waals surface area contributed by atoms with Crippen LogP contribution in [-0.4, -0.2) is 34.4 Å². The normalized spacial score (nSPS) is 19.8. The first-order valence-electron chi connectivity index (χ1n) is 6.04. The highest BCUT2D eigenvalue weighted by Gasteiger charge is 2.23. The zero-order valence-electron chi connectivity index (χ0n) is 10.3. The van der Waals surface area contributed by atoms with E-state index >= 15 is 0 Å². The number of aromatic nitrogens is 2. The van der Waals surface area contributed by atoms with Gasteiger partial charge in [0.2, 0.25) is 5.91 Å². The number of nitrogens with zero attached hydrogens (tertiary/aromatic N) is 2. The Balaban J connectivity index is 2.01. The van der Waals surface area contributed by atoms with Crippen molar-refractivity contribution in [2.45, 2.75) is 32.2 Å². The molecule has 6 nitrogen and oxygen atoms in total. The van der Waals surface area contributed by atoms with Crippen molar-refractivity contribution >= 4 is 11.8 Å². The second-order valence-electron chi connectivity index (χ2n) is 4.36. The first-order chi connectivity index (χ1) is 8.66. The predicted molar refractivity (Wildman–Crippen MR) is 64.9 cm³/mol. The minimum Gasteiger partial charge on any atom is -0.354 e. The van der Waals surface area contributed by atoms with Gasteiger partial charge in [0.1, 0.15) is 11.7 Å². The van der Waals surface area contributed by atoms with Gasteiger partial charge >= 0.3 is 0 Å². The molecule has 1 aliphatic heterocycles. The van der Waals surface area contributed by atoms with E-state index in [2.05, 4.69) is 20.6 Å². The lowest BCUT2D eigenvalue weighted by molar-refractivity contribution is -0.122. The van der Waals surface area contributed by atoms with Crippen molar-refractivity contribution < 1.29 is 9.59 Å². The van der Waals surface area contributed by atoms with Crippen molar-refractivity contribution in [2.24, 2.45) is 0 Å². The molecular weight excluding hydrogens is 232 g/mol. The first-order valence-corrected chi connectivity index (χ1v) is 6.04. The molecule has 2 N–H and O–H groups in total. The number of nitrogens with one attached hydrogen (secondary N) is 2. The van der Waals surface area contributed by atoms with Gasteiger partial charge in [0.15, 0.2) is 0 Å². The molecule has 0 radical (unpaired) electrons. The van der Waals surface area contributed by atoms with E-state index in [4.69, 9.17) is 0 Å². The maximum absolute atomic E-state index is 11.9. The molecule has 1 saturated heterocycles. The van der Waals surface area contributed by atoms with Gasteiger partial charge in [-0.1, -0.05) is 0 Å². The molecule has 2 rings (SSSR count). The molecule has 1 atom stereocenters. The predicted octanol–water partition coefficient (Wildman–Crippen LogP) is 0.184. The topological polar surface area (TPSA) is 84.0 Å². The molecule has 1 aliphatic rings. The Bertz CT molecular complexity index is 444. The van der Waals surface area contributed by atoms with Crippen molar-refractivity contribution in [3.8, 4) is 0 Å². The Morgan fingerprint density at radius 1 is 1.39 bits per heavy atom. The molecule has 0 spiro atoms. The zero-order chi connectivity index (χ0) is 13.0. The molecular formula is C12H16N4O2. The van der Waals surface area contributed by atoms with Gasteiger partial charge in [-0.15, -0.1) is 0 Å². The van der Waals surface area contributed by atoms with Crippen molar-refractivity contribution in [1.29, 1.82) is 0 Å². The van der Waals surface area contributed by atoms with Crippen molar-refractivity contribution in [3.05, 3.63) is 23.8 Å². The molecule has 2 heterocycles. The van der Waals surface area contributed by atoms with E-state index in [1.54, 1.807) is 6.92 Å². The van der Waals surface area contributed by atoms with Crippen molar-refractivity contribution in [1.82, 2.24) is 20.6 Å². The summed E-state index contributed by atoms with van der Waals surface area (Å²) in [6.45, 7) is 2.48. The van der Waals surface area contributed by atoms with E-state index < -0.39 is 6.04 Å². The summed E-state index contributed by atoms with van der Waals surface area (Å²) in [5.41, 5.74) is 0.983. The van der Waals surface area contributed by atoms with Crippen LogP contribution in [0.1, 0.15) is 35.4 Å². The van der Waals surface area contributed by atoms with Gasteiger partial charge in [-0.3, -0.25) is 14.6 Å². The Hall–Kier alpha value is -1.98. The third kappa shape index (κ3) is 3.03. The largest absolute Gasteiger partial charge is 0.354 e. The highest BCUT2D eigenvalue weighted by molar-refractivity contribution is 5.95. The number of hydrogen-bond donors (Lipinski definition) is 2. The van der Waals surface area contributed by atoms with Crippen LogP contribution >= 0.6 is 0 Å². The van der Waals surface area contributed by atoms with Crippen LogP contribution in [0.5, 0.6) is 0 Å². The second-order valence-corrected chi connectivity index (χ2v) is 4.36. The van der Waals surface area contributed by atoms with Crippen molar-refractivity contribution in [2.75, 3.05) is 6.54 Å². The molecule has 1 aromatic heterocycles. The van der Waals surface area contributed by atoms with E-state index in [0.717, 1.165) is 18.5 Å².